The van der Waals surface area contributed by atoms with Gasteiger partial charge in [0.1, 0.15) is 0 Å². The Hall–Kier alpha value is -0.610. The number of rotatable bonds is 8. The van der Waals surface area contributed by atoms with Crippen molar-refractivity contribution in [1.82, 2.24) is 5.32 Å². The topological polar surface area (TPSA) is 58.6 Å². The van der Waals surface area contributed by atoms with Crippen LogP contribution in [0.3, 0.4) is 0 Å². The zero-order valence-electron chi connectivity index (χ0n) is 10.8. The van der Waals surface area contributed by atoms with E-state index in [1.165, 1.54) is 0 Å². The molecule has 1 rings (SSSR count). The highest BCUT2D eigenvalue weighted by Crippen LogP contribution is 2.28. The first-order valence-corrected chi connectivity index (χ1v) is 6.75. The van der Waals surface area contributed by atoms with Crippen LogP contribution in [0.1, 0.15) is 39.0 Å². The molecule has 2 N–H and O–H groups in total. The van der Waals surface area contributed by atoms with Crippen LogP contribution < -0.4 is 5.32 Å². The second kappa shape index (κ2) is 8.48. The molecule has 1 aliphatic rings. The standard InChI is InChI=1S/C13H25NO3/c1-2-8-17-9-7-14-10-11-3-5-12(6-4-11)13(15)16/h11-12,14H,2-10H2,1H3,(H,15,16). The smallest absolute Gasteiger partial charge is 0.306 e. The summed E-state index contributed by atoms with van der Waals surface area (Å²) in [4.78, 5) is 10.8. The third-order valence-electron chi connectivity index (χ3n) is 3.40. The maximum absolute atomic E-state index is 10.8. The van der Waals surface area contributed by atoms with Crippen molar-refractivity contribution in [3.05, 3.63) is 0 Å². The Kier molecular flexibility index (Phi) is 7.21. The molecule has 0 aromatic heterocycles. The molecular weight excluding hydrogens is 218 g/mol. The molecular formula is C13H25NO3. The Morgan fingerprint density at radius 2 is 2.00 bits per heavy atom. The molecule has 0 unspecified atom stereocenters. The van der Waals surface area contributed by atoms with Crippen LogP contribution in [0.15, 0.2) is 0 Å². The van der Waals surface area contributed by atoms with Crippen LogP contribution in [-0.2, 0) is 9.53 Å². The second-order valence-electron chi connectivity index (χ2n) is 4.87. The highest BCUT2D eigenvalue weighted by atomic mass is 16.5. The minimum atomic E-state index is -0.621. The molecule has 100 valence electrons. The monoisotopic (exact) mass is 243 g/mol. The van der Waals surface area contributed by atoms with E-state index in [9.17, 15) is 4.79 Å². The summed E-state index contributed by atoms with van der Waals surface area (Å²) in [5, 5.41) is 12.3. The second-order valence-corrected chi connectivity index (χ2v) is 4.87. The van der Waals surface area contributed by atoms with E-state index in [1.807, 2.05) is 0 Å². The van der Waals surface area contributed by atoms with Crippen molar-refractivity contribution in [3.63, 3.8) is 0 Å². The number of carboxylic acid groups (broad SMARTS) is 1. The summed E-state index contributed by atoms with van der Waals surface area (Å²) in [6.07, 6.45) is 4.83. The number of hydrogen-bond donors (Lipinski definition) is 2. The molecule has 0 bridgehead atoms. The van der Waals surface area contributed by atoms with E-state index in [0.717, 1.165) is 58.4 Å². The molecule has 0 heterocycles. The zero-order chi connectivity index (χ0) is 12.5. The molecule has 17 heavy (non-hydrogen) atoms. The summed E-state index contributed by atoms with van der Waals surface area (Å²) in [6, 6.07) is 0. The largest absolute Gasteiger partial charge is 0.481 e. The van der Waals surface area contributed by atoms with Crippen molar-refractivity contribution >= 4 is 5.97 Å². The number of ether oxygens (including phenoxy) is 1. The Morgan fingerprint density at radius 3 is 2.59 bits per heavy atom. The third-order valence-corrected chi connectivity index (χ3v) is 3.40. The molecule has 0 atom stereocenters. The Morgan fingerprint density at radius 1 is 1.29 bits per heavy atom. The molecule has 0 spiro atoms. The van der Waals surface area contributed by atoms with Gasteiger partial charge in [-0.3, -0.25) is 4.79 Å². The van der Waals surface area contributed by atoms with E-state index < -0.39 is 5.97 Å². The van der Waals surface area contributed by atoms with Crippen LogP contribution in [0.25, 0.3) is 0 Å². The first-order valence-electron chi connectivity index (χ1n) is 6.75. The predicted octanol–water partition coefficient (Wildman–Crippen LogP) is 1.89. The van der Waals surface area contributed by atoms with Gasteiger partial charge in [0.05, 0.1) is 12.5 Å². The summed E-state index contributed by atoms with van der Waals surface area (Å²) in [6.45, 7) is 5.62. The van der Waals surface area contributed by atoms with Crippen LogP contribution in [-0.4, -0.2) is 37.4 Å². The average molecular weight is 243 g/mol. The van der Waals surface area contributed by atoms with E-state index in [4.69, 9.17) is 9.84 Å². The highest BCUT2D eigenvalue weighted by Gasteiger charge is 2.25. The summed E-state index contributed by atoms with van der Waals surface area (Å²) >= 11 is 0. The van der Waals surface area contributed by atoms with Crippen LogP contribution in [0, 0.1) is 11.8 Å². The number of nitrogens with one attached hydrogen (secondary N) is 1. The summed E-state index contributed by atoms with van der Waals surface area (Å²) in [5.41, 5.74) is 0. The van der Waals surface area contributed by atoms with Crippen molar-refractivity contribution < 1.29 is 14.6 Å². The number of carboxylic acids is 1. The minimum Gasteiger partial charge on any atom is -0.481 e. The summed E-state index contributed by atoms with van der Waals surface area (Å²) in [5.74, 6) is -0.0692. The van der Waals surface area contributed by atoms with Crippen LogP contribution in [0.4, 0.5) is 0 Å². The third kappa shape index (κ3) is 6.03. The van der Waals surface area contributed by atoms with E-state index in [2.05, 4.69) is 12.2 Å². The summed E-state index contributed by atoms with van der Waals surface area (Å²) in [7, 11) is 0. The van der Waals surface area contributed by atoms with Gasteiger partial charge in [-0.2, -0.15) is 0 Å². The van der Waals surface area contributed by atoms with Crippen molar-refractivity contribution in [2.24, 2.45) is 11.8 Å². The highest BCUT2D eigenvalue weighted by molar-refractivity contribution is 5.69. The molecule has 1 aliphatic carbocycles. The van der Waals surface area contributed by atoms with E-state index in [1.54, 1.807) is 0 Å². The van der Waals surface area contributed by atoms with Gasteiger partial charge in [-0.1, -0.05) is 6.92 Å². The molecule has 4 nitrogen and oxygen atoms in total. The van der Waals surface area contributed by atoms with Crippen molar-refractivity contribution in [2.45, 2.75) is 39.0 Å². The fourth-order valence-corrected chi connectivity index (χ4v) is 2.31. The maximum atomic E-state index is 10.8. The Bertz CT molecular complexity index is 213. The minimum absolute atomic E-state index is 0.0980. The normalized spacial score (nSPS) is 24.8. The molecule has 0 amide bonds. The fraction of sp³-hybridized carbons (Fsp3) is 0.923. The predicted molar refractivity (Wildman–Crippen MR) is 67.1 cm³/mol. The van der Waals surface area contributed by atoms with Gasteiger partial charge in [-0.25, -0.2) is 0 Å². The molecule has 0 aromatic carbocycles. The van der Waals surface area contributed by atoms with Gasteiger partial charge < -0.3 is 15.2 Å². The molecule has 0 saturated heterocycles. The zero-order valence-corrected chi connectivity index (χ0v) is 10.8. The lowest BCUT2D eigenvalue weighted by Crippen LogP contribution is -2.30. The van der Waals surface area contributed by atoms with Gasteiger partial charge in [-0.05, 0) is 44.6 Å². The first-order chi connectivity index (χ1) is 8.24. The van der Waals surface area contributed by atoms with Crippen LogP contribution >= 0.6 is 0 Å². The van der Waals surface area contributed by atoms with Crippen LogP contribution in [0.2, 0.25) is 0 Å². The fourth-order valence-electron chi connectivity index (χ4n) is 2.31. The van der Waals surface area contributed by atoms with E-state index in [0.29, 0.717) is 5.92 Å². The SMILES string of the molecule is CCCOCCNCC1CCC(C(=O)O)CC1. The number of aliphatic carboxylic acids is 1. The number of hydrogen-bond acceptors (Lipinski definition) is 3. The van der Waals surface area contributed by atoms with Gasteiger partial charge >= 0.3 is 5.97 Å². The molecule has 1 fully saturated rings. The molecule has 4 heteroatoms. The Labute approximate surface area is 104 Å². The maximum Gasteiger partial charge on any atom is 0.306 e. The summed E-state index contributed by atoms with van der Waals surface area (Å²) < 4.78 is 5.38. The quantitative estimate of drug-likeness (QED) is 0.639. The van der Waals surface area contributed by atoms with Gasteiger partial charge in [0.15, 0.2) is 0 Å². The average Bonchev–Trinajstić information content (AvgIpc) is 2.34. The van der Waals surface area contributed by atoms with Crippen LogP contribution in [0.5, 0.6) is 0 Å². The van der Waals surface area contributed by atoms with Crippen molar-refractivity contribution in [2.75, 3.05) is 26.3 Å². The molecule has 0 radical (unpaired) electrons. The van der Waals surface area contributed by atoms with Gasteiger partial charge in [0.2, 0.25) is 0 Å². The first kappa shape index (κ1) is 14.5. The van der Waals surface area contributed by atoms with Crippen molar-refractivity contribution in [3.8, 4) is 0 Å². The van der Waals surface area contributed by atoms with Gasteiger partial charge in [-0.15, -0.1) is 0 Å². The lowest BCUT2D eigenvalue weighted by molar-refractivity contribution is -0.143. The lowest BCUT2D eigenvalue weighted by Gasteiger charge is -2.26. The van der Waals surface area contributed by atoms with E-state index in [-0.39, 0.29) is 5.92 Å². The number of carbonyl (C=O) groups is 1. The Balaban J connectivity index is 1.97. The molecule has 1 saturated carbocycles. The van der Waals surface area contributed by atoms with Gasteiger partial charge in [0, 0.05) is 13.2 Å². The van der Waals surface area contributed by atoms with Gasteiger partial charge in [0.25, 0.3) is 0 Å². The lowest BCUT2D eigenvalue weighted by atomic mass is 9.82. The van der Waals surface area contributed by atoms with Crippen molar-refractivity contribution in [1.29, 1.82) is 0 Å². The van der Waals surface area contributed by atoms with E-state index >= 15 is 0 Å². The molecule has 0 aromatic rings. The molecule has 0 aliphatic heterocycles.